The molecule has 1 aliphatic carbocycles. The van der Waals surface area contributed by atoms with Gasteiger partial charge in [0, 0.05) is 17.0 Å². The fourth-order valence-electron chi connectivity index (χ4n) is 3.25. The number of carbonyl (C=O) groups excluding carboxylic acids is 1. The van der Waals surface area contributed by atoms with E-state index in [2.05, 4.69) is 0 Å². The van der Waals surface area contributed by atoms with Crippen molar-refractivity contribution in [2.75, 3.05) is 0 Å². The Morgan fingerprint density at radius 1 is 1.50 bits per heavy atom. The lowest BCUT2D eigenvalue weighted by molar-refractivity contribution is -0.144. The lowest BCUT2D eigenvalue weighted by Crippen LogP contribution is -2.21. The van der Waals surface area contributed by atoms with E-state index in [-0.39, 0.29) is 23.9 Å². The molecule has 4 heteroatoms. The maximum absolute atomic E-state index is 11.7. The molecule has 0 aromatic carbocycles. The smallest absolute Gasteiger partial charge is 0.309 e. The van der Waals surface area contributed by atoms with Gasteiger partial charge in [-0.3, -0.25) is 4.79 Å². The molecule has 0 unspecified atom stereocenters. The van der Waals surface area contributed by atoms with Gasteiger partial charge in [-0.2, -0.15) is 0 Å². The summed E-state index contributed by atoms with van der Waals surface area (Å²) in [5.74, 6) is 0.634. The van der Waals surface area contributed by atoms with Crippen LogP contribution in [0, 0.1) is 18.8 Å². The molecule has 2 heterocycles. The molecule has 0 spiro atoms. The van der Waals surface area contributed by atoms with E-state index in [1.165, 1.54) is 0 Å². The second kappa shape index (κ2) is 3.60. The zero-order chi connectivity index (χ0) is 13.1. The van der Waals surface area contributed by atoms with Gasteiger partial charge in [0.15, 0.2) is 0 Å². The van der Waals surface area contributed by atoms with E-state index in [0.29, 0.717) is 6.42 Å². The van der Waals surface area contributed by atoms with E-state index >= 15 is 0 Å². The van der Waals surface area contributed by atoms with Crippen molar-refractivity contribution < 1.29 is 19.1 Å². The average molecular weight is 250 g/mol. The predicted octanol–water partition coefficient (Wildman–Crippen LogP) is 2.44. The maximum atomic E-state index is 11.7. The number of hydrogen-bond acceptors (Lipinski definition) is 4. The predicted molar refractivity (Wildman–Crippen MR) is 63.7 cm³/mol. The van der Waals surface area contributed by atoms with E-state index in [4.69, 9.17) is 9.15 Å². The molecule has 18 heavy (non-hydrogen) atoms. The van der Waals surface area contributed by atoms with Crippen LogP contribution < -0.4 is 0 Å². The molecule has 1 aliphatic heterocycles. The van der Waals surface area contributed by atoms with Crippen molar-refractivity contribution in [3.8, 4) is 0 Å². The lowest BCUT2D eigenvalue weighted by atomic mass is 9.86. The van der Waals surface area contributed by atoms with E-state index in [0.717, 1.165) is 23.3 Å². The van der Waals surface area contributed by atoms with Crippen molar-refractivity contribution in [1.82, 2.24) is 0 Å². The van der Waals surface area contributed by atoms with Crippen LogP contribution in [0.5, 0.6) is 0 Å². The van der Waals surface area contributed by atoms with Gasteiger partial charge in [0.05, 0.1) is 17.8 Å². The fraction of sp³-hybridized carbons (Fsp3) is 0.643. The summed E-state index contributed by atoms with van der Waals surface area (Å²) in [5.41, 5.74) is 0.749. The monoisotopic (exact) mass is 250 g/mol. The molecule has 0 radical (unpaired) electrons. The number of carbonyl (C=O) groups is 1. The lowest BCUT2D eigenvalue weighted by Gasteiger charge is -2.21. The summed E-state index contributed by atoms with van der Waals surface area (Å²) in [6, 6.07) is 0. The van der Waals surface area contributed by atoms with Gasteiger partial charge in [0.1, 0.15) is 11.9 Å². The van der Waals surface area contributed by atoms with E-state index in [9.17, 15) is 9.90 Å². The van der Waals surface area contributed by atoms with Gasteiger partial charge in [-0.15, -0.1) is 0 Å². The quantitative estimate of drug-likeness (QED) is 0.718. The Morgan fingerprint density at radius 3 is 2.94 bits per heavy atom. The third-order valence-corrected chi connectivity index (χ3v) is 4.50. The standard InChI is InChI=1S/C14H18O4/c1-7-9-4-5-14(3,16)10-6-17-8(2)11(10)12(9)18-13(7)15/h6-7,9,12,16H,4-5H2,1-3H3/t7-,9-,12-,14+/m0/s1. The molecule has 2 aliphatic rings. The van der Waals surface area contributed by atoms with Crippen LogP contribution in [0.3, 0.4) is 0 Å². The van der Waals surface area contributed by atoms with Crippen molar-refractivity contribution >= 4 is 5.97 Å². The van der Waals surface area contributed by atoms with Gasteiger partial charge in [-0.05, 0) is 26.7 Å². The van der Waals surface area contributed by atoms with Gasteiger partial charge < -0.3 is 14.3 Å². The van der Waals surface area contributed by atoms with Gasteiger partial charge in [0.2, 0.25) is 0 Å². The summed E-state index contributed by atoms with van der Waals surface area (Å²) < 4.78 is 10.9. The summed E-state index contributed by atoms with van der Waals surface area (Å²) >= 11 is 0. The van der Waals surface area contributed by atoms with E-state index < -0.39 is 5.60 Å². The van der Waals surface area contributed by atoms with E-state index in [1.807, 2.05) is 13.8 Å². The normalized spacial score (nSPS) is 38.9. The average Bonchev–Trinajstić information content (AvgIpc) is 2.76. The highest BCUT2D eigenvalue weighted by atomic mass is 16.6. The Hall–Kier alpha value is -1.29. The highest BCUT2D eigenvalue weighted by molar-refractivity contribution is 5.75. The van der Waals surface area contributed by atoms with Crippen molar-refractivity contribution in [3.63, 3.8) is 0 Å². The molecular formula is C14H18O4. The van der Waals surface area contributed by atoms with Crippen LogP contribution in [0.4, 0.5) is 0 Å². The molecule has 1 aromatic rings. The molecule has 4 nitrogen and oxygen atoms in total. The number of aliphatic hydroxyl groups is 1. The number of hydrogen-bond donors (Lipinski definition) is 1. The van der Waals surface area contributed by atoms with Crippen LogP contribution in [0.2, 0.25) is 0 Å². The van der Waals surface area contributed by atoms with Crippen LogP contribution in [0.15, 0.2) is 10.7 Å². The Bertz CT molecular complexity index is 500. The van der Waals surface area contributed by atoms with Crippen LogP contribution in [-0.4, -0.2) is 11.1 Å². The van der Waals surface area contributed by atoms with Crippen molar-refractivity contribution in [2.45, 2.75) is 45.3 Å². The Labute approximate surface area is 106 Å². The van der Waals surface area contributed by atoms with Gasteiger partial charge >= 0.3 is 5.97 Å². The van der Waals surface area contributed by atoms with Crippen LogP contribution in [0.25, 0.3) is 0 Å². The first-order valence-corrected chi connectivity index (χ1v) is 6.43. The van der Waals surface area contributed by atoms with Gasteiger partial charge in [-0.25, -0.2) is 0 Å². The zero-order valence-electron chi connectivity index (χ0n) is 10.9. The minimum atomic E-state index is -0.899. The summed E-state index contributed by atoms with van der Waals surface area (Å²) in [6.45, 7) is 5.56. The Kier molecular flexibility index (Phi) is 2.36. The number of ether oxygens (including phenoxy) is 1. The molecule has 4 atom stereocenters. The molecule has 1 aromatic heterocycles. The third kappa shape index (κ3) is 1.45. The number of esters is 1. The van der Waals surface area contributed by atoms with E-state index in [1.54, 1.807) is 13.2 Å². The third-order valence-electron chi connectivity index (χ3n) is 4.50. The first-order chi connectivity index (χ1) is 8.42. The topological polar surface area (TPSA) is 59.7 Å². The fourth-order valence-corrected chi connectivity index (χ4v) is 3.25. The molecule has 1 fully saturated rings. The van der Waals surface area contributed by atoms with Crippen molar-refractivity contribution in [3.05, 3.63) is 23.2 Å². The second-order valence-corrected chi connectivity index (χ2v) is 5.74. The number of aryl methyl sites for hydroxylation is 1. The second-order valence-electron chi connectivity index (χ2n) is 5.74. The molecule has 3 rings (SSSR count). The number of fused-ring (bicyclic) bond motifs is 3. The number of furan rings is 1. The van der Waals surface area contributed by atoms with Crippen LogP contribution >= 0.6 is 0 Å². The zero-order valence-corrected chi connectivity index (χ0v) is 10.9. The van der Waals surface area contributed by atoms with Crippen molar-refractivity contribution in [1.29, 1.82) is 0 Å². The van der Waals surface area contributed by atoms with Crippen LogP contribution in [0.1, 0.15) is 49.7 Å². The summed E-state index contributed by atoms with van der Waals surface area (Å²) in [7, 11) is 0. The molecule has 1 N–H and O–H groups in total. The Morgan fingerprint density at radius 2 is 2.22 bits per heavy atom. The molecule has 0 bridgehead atoms. The first kappa shape index (κ1) is 11.8. The molecule has 0 saturated carbocycles. The highest BCUT2D eigenvalue weighted by Gasteiger charge is 2.49. The number of rotatable bonds is 0. The largest absolute Gasteiger partial charge is 0.469 e. The van der Waals surface area contributed by atoms with Crippen LogP contribution in [-0.2, 0) is 15.1 Å². The summed E-state index contributed by atoms with van der Waals surface area (Å²) in [4.78, 5) is 11.7. The highest BCUT2D eigenvalue weighted by Crippen LogP contribution is 2.50. The molecule has 1 saturated heterocycles. The summed E-state index contributed by atoms with van der Waals surface area (Å²) in [6.07, 6.45) is 2.76. The first-order valence-electron chi connectivity index (χ1n) is 6.43. The molecule has 98 valence electrons. The van der Waals surface area contributed by atoms with Gasteiger partial charge in [-0.1, -0.05) is 6.92 Å². The Balaban J connectivity index is 2.15. The summed E-state index contributed by atoms with van der Waals surface area (Å²) in [5, 5.41) is 10.5. The van der Waals surface area contributed by atoms with Gasteiger partial charge in [0.25, 0.3) is 0 Å². The maximum Gasteiger partial charge on any atom is 0.309 e. The molecular weight excluding hydrogens is 232 g/mol. The van der Waals surface area contributed by atoms with Crippen molar-refractivity contribution in [2.24, 2.45) is 11.8 Å². The minimum absolute atomic E-state index is 0.106. The minimum Gasteiger partial charge on any atom is -0.469 e. The molecule has 0 amide bonds. The SMILES string of the molecule is Cc1occ2c1[C@H]1OC(=O)[C@@H](C)[C@@H]1CC[C@@]2(C)O.